The Morgan fingerprint density at radius 2 is 2.00 bits per heavy atom. The third kappa shape index (κ3) is 8.12. The Bertz CT molecular complexity index is 702. The number of guanidine groups is 1. The van der Waals surface area contributed by atoms with Crippen LogP contribution in [0.3, 0.4) is 0 Å². The fourth-order valence-corrected chi connectivity index (χ4v) is 2.09. The Morgan fingerprint density at radius 1 is 1.30 bits per heavy atom. The summed E-state index contributed by atoms with van der Waals surface area (Å²) in [6.45, 7) is 6.99. The first kappa shape index (κ1) is 23.2. The van der Waals surface area contributed by atoms with Crippen LogP contribution in [0.5, 0.6) is 5.75 Å². The number of oxazole rings is 1. The van der Waals surface area contributed by atoms with Gasteiger partial charge in [0, 0.05) is 13.1 Å². The summed E-state index contributed by atoms with van der Waals surface area (Å²) in [5.74, 6) is 2.03. The minimum Gasteiger partial charge on any atom is -0.491 e. The van der Waals surface area contributed by atoms with Crippen molar-refractivity contribution in [2.45, 2.75) is 33.4 Å². The highest BCUT2D eigenvalue weighted by molar-refractivity contribution is 14.0. The average Bonchev–Trinajstić information content (AvgIpc) is 2.95. The lowest BCUT2D eigenvalue weighted by molar-refractivity contribution is 0.110. The number of benzene rings is 1. The summed E-state index contributed by atoms with van der Waals surface area (Å²) in [6.07, 6.45) is -0.755. The molecular weight excluding hydrogens is 466 g/mol. The third-order valence-electron chi connectivity index (χ3n) is 3.55. The molecule has 7 nitrogen and oxygen atoms in total. The van der Waals surface area contributed by atoms with Gasteiger partial charge in [0.15, 0.2) is 5.96 Å². The van der Waals surface area contributed by atoms with Crippen LogP contribution in [0.2, 0.25) is 0 Å². The molecule has 0 aliphatic carbocycles. The van der Waals surface area contributed by atoms with Crippen molar-refractivity contribution in [2.75, 3.05) is 19.7 Å². The predicted octanol–water partition coefficient (Wildman–Crippen LogP) is 2.54. The second kappa shape index (κ2) is 11.8. The van der Waals surface area contributed by atoms with Crippen molar-refractivity contribution in [3.63, 3.8) is 0 Å². The summed E-state index contributed by atoms with van der Waals surface area (Å²) in [5.41, 5.74) is 0.849. The number of nitrogens with zero attached hydrogens (tertiary/aromatic N) is 2. The van der Waals surface area contributed by atoms with E-state index in [1.54, 1.807) is 0 Å². The molecule has 0 aliphatic heterocycles. The van der Waals surface area contributed by atoms with Crippen LogP contribution >= 0.6 is 24.0 Å². The number of aryl methyl sites for hydroxylation is 2. The molecule has 0 amide bonds. The summed E-state index contributed by atoms with van der Waals surface area (Å²) in [4.78, 5) is 8.66. The van der Waals surface area contributed by atoms with E-state index in [4.69, 9.17) is 9.15 Å². The monoisotopic (exact) mass is 492 g/mol. The highest BCUT2D eigenvalue weighted by Gasteiger charge is 2.09. The van der Waals surface area contributed by atoms with Crippen molar-refractivity contribution in [1.82, 2.24) is 15.6 Å². The van der Waals surface area contributed by atoms with E-state index >= 15 is 0 Å². The number of aliphatic hydroxyl groups excluding tert-OH is 1. The number of halogens is 2. The molecule has 9 heteroatoms. The molecule has 0 radical (unpaired) electrons. The van der Waals surface area contributed by atoms with Crippen LogP contribution in [0.1, 0.15) is 24.3 Å². The topological polar surface area (TPSA) is 91.9 Å². The van der Waals surface area contributed by atoms with Crippen LogP contribution in [-0.2, 0) is 6.54 Å². The molecule has 0 saturated carbocycles. The molecular formula is C18H26FIN4O3. The summed E-state index contributed by atoms with van der Waals surface area (Å²) in [7, 11) is 0. The number of aliphatic hydroxyl groups is 1. The molecule has 3 N–H and O–H groups in total. The zero-order chi connectivity index (χ0) is 18.9. The lowest BCUT2D eigenvalue weighted by Gasteiger charge is -2.15. The molecule has 0 fully saturated rings. The molecule has 0 spiro atoms. The predicted molar refractivity (Wildman–Crippen MR) is 112 cm³/mol. The first-order chi connectivity index (χ1) is 12.5. The molecule has 2 aromatic rings. The molecule has 0 bridgehead atoms. The van der Waals surface area contributed by atoms with Gasteiger partial charge in [-0.1, -0.05) is 0 Å². The van der Waals surface area contributed by atoms with Crippen molar-refractivity contribution in [2.24, 2.45) is 4.99 Å². The number of hydrogen-bond acceptors (Lipinski definition) is 5. The average molecular weight is 492 g/mol. The SMILES string of the molecule is CCNC(=NCc1nc(C)c(C)o1)NCC(O)COc1ccc(F)cc1.I. The molecule has 1 atom stereocenters. The summed E-state index contributed by atoms with van der Waals surface area (Å²) in [6, 6.07) is 5.65. The quantitative estimate of drug-likeness (QED) is 0.298. The normalized spacial score (nSPS) is 12.3. The maximum atomic E-state index is 12.8. The number of aromatic nitrogens is 1. The van der Waals surface area contributed by atoms with Crippen molar-refractivity contribution in [3.05, 3.63) is 47.4 Å². The zero-order valence-corrected chi connectivity index (χ0v) is 18.0. The van der Waals surface area contributed by atoms with Gasteiger partial charge in [-0.3, -0.25) is 0 Å². The minimum atomic E-state index is -0.755. The van der Waals surface area contributed by atoms with Crippen molar-refractivity contribution in [3.8, 4) is 5.75 Å². The lowest BCUT2D eigenvalue weighted by atomic mass is 10.3. The van der Waals surface area contributed by atoms with Crippen LogP contribution < -0.4 is 15.4 Å². The zero-order valence-electron chi connectivity index (χ0n) is 15.7. The number of aliphatic imine (C=N–C) groups is 1. The molecule has 0 saturated heterocycles. The second-order valence-corrected chi connectivity index (χ2v) is 5.74. The first-order valence-electron chi connectivity index (χ1n) is 8.49. The Balaban J connectivity index is 0.00000364. The van der Waals surface area contributed by atoms with E-state index in [1.165, 1.54) is 24.3 Å². The molecule has 1 aromatic heterocycles. The molecule has 27 heavy (non-hydrogen) atoms. The van der Waals surface area contributed by atoms with Gasteiger partial charge in [-0.25, -0.2) is 14.4 Å². The summed E-state index contributed by atoms with van der Waals surface area (Å²) >= 11 is 0. The van der Waals surface area contributed by atoms with Crippen LogP contribution in [0.4, 0.5) is 4.39 Å². The van der Waals surface area contributed by atoms with Crippen LogP contribution in [0.25, 0.3) is 0 Å². The van der Waals surface area contributed by atoms with Gasteiger partial charge in [-0.15, -0.1) is 24.0 Å². The fraction of sp³-hybridized carbons (Fsp3) is 0.444. The molecule has 2 rings (SSSR count). The van der Waals surface area contributed by atoms with Gasteiger partial charge in [0.25, 0.3) is 0 Å². The Labute approximate surface area is 175 Å². The van der Waals surface area contributed by atoms with Gasteiger partial charge in [-0.2, -0.15) is 0 Å². The molecule has 1 heterocycles. The highest BCUT2D eigenvalue weighted by atomic mass is 127. The van der Waals surface area contributed by atoms with E-state index < -0.39 is 6.10 Å². The molecule has 150 valence electrons. The lowest BCUT2D eigenvalue weighted by Crippen LogP contribution is -2.42. The summed E-state index contributed by atoms with van der Waals surface area (Å²) < 4.78 is 23.8. The van der Waals surface area contributed by atoms with Gasteiger partial charge in [0.05, 0.1) is 5.69 Å². The van der Waals surface area contributed by atoms with Crippen LogP contribution in [0.15, 0.2) is 33.7 Å². The van der Waals surface area contributed by atoms with E-state index in [9.17, 15) is 9.50 Å². The van der Waals surface area contributed by atoms with Crippen molar-refractivity contribution >= 4 is 29.9 Å². The number of ether oxygens (including phenoxy) is 1. The smallest absolute Gasteiger partial charge is 0.216 e. The van der Waals surface area contributed by atoms with E-state index in [1.807, 2.05) is 20.8 Å². The number of hydrogen-bond donors (Lipinski definition) is 3. The maximum absolute atomic E-state index is 12.8. The number of nitrogens with one attached hydrogen (secondary N) is 2. The minimum absolute atomic E-state index is 0. The van der Waals surface area contributed by atoms with Crippen molar-refractivity contribution in [1.29, 1.82) is 0 Å². The van der Waals surface area contributed by atoms with Crippen molar-refractivity contribution < 1.29 is 18.7 Å². The third-order valence-corrected chi connectivity index (χ3v) is 3.55. The standard InChI is InChI=1S/C18H25FN4O3.HI/c1-4-20-18(22-10-17-23-12(2)13(3)26-17)21-9-15(24)11-25-16-7-5-14(19)6-8-16;/h5-8,15,24H,4,9-11H2,1-3H3,(H2,20,21,22);1H. The highest BCUT2D eigenvalue weighted by Crippen LogP contribution is 2.11. The molecule has 0 aliphatic rings. The maximum Gasteiger partial charge on any atom is 0.216 e. The van der Waals surface area contributed by atoms with E-state index in [-0.39, 0.29) is 42.9 Å². The largest absolute Gasteiger partial charge is 0.491 e. The Morgan fingerprint density at radius 3 is 2.59 bits per heavy atom. The van der Waals surface area contributed by atoms with Crippen LogP contribution in [-0.4, -0.2) is 41.9 Å². The summed E-state index contributed by atoms with van der Waals surface area (Å²) in [5, 5.41) is 16.2. The fourth-order valence-electron chi connectivity index (χ4n) is 2.09. The van der Waals surface area contributed by atoms with Gasteiger partial charge >= 0.3 is 0 Å². The first-order valence-corrected chi connectivity index (χ1v) is 8.49. The van der Waals surface area contributed by atoms with Crippen LogP contribution in [0, 0.1) is 19.7 Å². The van der Waals surface area contributed by atoms with Gasteiger partial charge in [0.2, 0.25) is 5.89 Å². The number of rotatable bonds is 8. The molecule has 1 unspecified atom stereocenters. The van der Waals surface area contributed by atoms with Gasteiger partial charge < -0.3 is 24.9 Å². The molecule has 1 aromatic carbocycles. The Kier molecular flexibility index (Phi) is 10.1. The van der Waals surface area contributed by atoms with Gasteiger partial charge in [0.1, 0.15) is 36.6 Å². The second-order valence-electron chi connectivity index (χ2n) is 5.74. The van der Waals surface area contributed by atoms with E-state index in [2.05, 4.69) is 20.6 Å². The van der Waals surface area contributed by atoms with E-state index in [0.29, 0.717) is 30.7 Å². The van der Waals surface area contributed by atoms with Gasteiger partial charge in [-0.05, 0) is 45.0 Å². The Hall–Kier alpha value is -1.88. The van der Waals surface area contributed by atoms with E-state index in [0.717, 1.165) is 11.5 Å².